The summed E-state index contributed by atoms with van der Waals surface area (Å²) in [5, 5.41) is 4.34. The molecule has 2 N–H and O–H groups in total. The molecule has 1 aromatic carbocycles. The molecule has 0 aliphatic carbocycles. The number of rotatable bonds is 9. The molecule has 0 aliphatic heterocycles. The van der Waals surface area contributed by atoms with Gasteiger partial charge in [-0.2, -0.15) is 16.9 Å². The van der Waals surface area contributed by atoms with Gasteiger partial charge in [0.25, 0.3) is 0 Å². The van der Waals surface area contributed by atoms with E-state index in [0.29, 0.717) is 25.3 Å². The van der Waals surface area contributed by atoms with Gasteiger partial charge in [-0.1, -0.05) is 30.3 Å². The van der Waals surface area contributed by atoms with Gasteiger partial charge in [0.15, 0.2) is 0 Å². The minimum Gasteiger partial charge on any atom is -0.369 e. The molecule has 0 saturated heterocycles. The van der Waals surface area contributed by atoms with Crippen LogP contribution in [0.3, 0.4) is 0 Å². The third kappa shape index (κ3) is 6.08. The van der Waals surface area contributed by atoms with Crippen LogP contribution in [0, 0.1) is 0 Å². The van der Waals surface area contributed by atoms with Crippen molar-refractivity contribution in [2.24, 2.45) is 5.73 Å². The quantitative estimate of drug-likeness (QED) is 0.698. The number of aromatic nitrogens is 2. The minimum absolute atomic E-state index is 0.0442. The predicted molar refractivity (Wildman–Crippen MR) is 95.4 cm³/mol. The van der Waals surface area contributed by atoms with Gasteiger partial charge >= 0.3 is 0 Å². The highest BCUT2D eigenvalue weighted by molar-refractivity contribution is 7.99. The van der Waals surface area contributed by atoms with E-state index in [1.165, 1.54) is 17.3 Å². The topological polar surface area (TPSA) is 81.2 Å². The maximum atomic E-state index is 12.1. The van der Waals surface area contributed by atoms with Crippen LogP contribution in [0.15, 0.2) is 42.7 Å². The number of benzene rings is 1. The zero-order valence-electron chi connectivity index (χ0n) is 13.7. The summed E-state index contributed by atoms with van der Waals surface area (Å²) in [4.78, 5) is 24.4. The number of hydrogen-bond donors (Lipinski definition) is 1. The molecule has 1 aromatic heterocycles. The van der Waals surface area contributed by atoms with Crippen LogP contribution in [-0.4, -0.2) is 45.0 Å². The molecule has 0 saturated carbocycles. The third-order valence-corrected chi connectivity index (χ3v) is 4.41. The maximum absolute atomic E-state index is 12.1. The van der Waals surface area contributed by atoms with Crippen LogP contribution in [0.1, 0.15) is 17.5 Å². The van der Waals surface area contributed by atoms with Gasteiger partial charge < -0.3 is 10.6 Å². The molecule has 2 rings (SSSR count). The average Bonchev–Trinajstić information content (AvgIpc) is 2.99. The monoisotopic (exact) mass is 346 g/mol. The molecule has 0 unspecified atom stereocenters. The lowest BCUT2D eigenvalue weighted by Crippen LogP contribution is -2.26. The number of carbonyl (C=O) groups excluding carboxylic acids is 2. The van der Waals surface area contributed by atoms with E-state index >= 15 is 0 Å². The highest BCUT2D eigenvalue weighted by atomic mass is 32.2. The van der Waals surface area contributed by atoms with Crippen LogP contribution in [0.5, 0.6) is 0 Å². The van der Waals surface area contributed by atoms with Crippen molar-refractivity contribution in [1.29, 1.82) is 0 Å². The minimum atomic E-state index is -0.355. The van der Waals surface area contributed by atoms with E-state index < -0.39 is 0 Å². The molecule has 2 amide bonds. The first-order valence-corrected chi connectivity index (χ1v) is 8.85. The second kappa shape index (κ2) is 9.12. The summed E-state index contributed by atoms with van der Waals surface area (Å²) in [5.74, 6) is 0.539. The molecule has 0 spiro atoms. The molecule has 0 atom stereocenters. The third-order valence-electron chi connectivity index (χ3n) is 3.42. The van der Waals surface area contributed by atoms with Gasteiger partial charge in [-0.05, 0) is 5.56 Å². The molecule has 0 radical (unpaired) electrons. The molecule has 1 heterocycles. The molecule has 24 heavy (non-hydrogen) atoms. The van der Waals surface area contributed by atoms with E-state index in [1.54, 1.807) is 18.1 Å². The zero-order chi connectivity index (χ0) is 17.4. The van der Waals surface area contributed by atoms with Crippen LogP contribution in [0.2, 0.25) is 0 Å². The number of thioether (sulfide) groups is 1. The fourth-order valence-electron chi connectivity index (χ4n) is 2.23. The van der Waals surface area contributed by atoms with Crippen molar-refractivity contribution in [2.75, 3.05) is 18.6 Å². The van der Waals surface area contributed by atoms with Gasteiger partial charge in [0.05, 0.1) is 18.5 Å². The zero-order valence-corrected chi connectivity index (χ0v) is 14.5. The molecule has 0 aliphatic rings. The van der Waals surface area contributed by atoms with E-state index in [0.717, 1.165) is 5.56 Å². The SMILES string of the molecule is CN(Cc1cnn(Cc2ccccc2)c1)C(=O)CCSCC(N)=O. The maximum Gasteiger partial charge on any atom is 0.227 e. The number of nitrogens with zero attached hydrogens (tertiary/aromatic N) is 3. The summed E-state index contributed by atoms with van der Waals surface area (Å²) < 4.78 is 1.87. The Morgan fingerprint density at radius 2 is 2.00 bits per heavy atom. The van der Waals surface area contributed by atoms with Crippen LogP contribution >= 0.6 is 11.8 Å². The Balaban J connectivity index is 1.78. The number of carbonyl (C=O) groups is 2. The molecular formula is C17H22N4O2S. The van der Waals surface area contributed by atoms with Crippen molar-refractivity contribution in [2.45, 2.75) is 19.5 Å². The summed E-state index contributed by atoms with van der Waals surface area (Å²) in [5.41, 5.74) is 7.24. The molecule has 0 fully saturated rings. The van der Waals surface area contributed by atoms with E-state index in [9.17, 15) is 9.59 Å². The Morgan fingerprint density at radius 1 is 1.25 bits per heavy atom. The molecular weight excluding hydrogens is 324 g/mol. The second-order valence-electron chi connectivity index (χ2n) is 5.55. The smallest absolute Gasteiger partial charge is 0.227 e. The van der Waals surface area contributed by atoms with Gasteiger partial charge in [0.2, 0.25) is 11.8 Å². The summed E-state index contributed by atoms with van der Waals surface area (Å²) in [6.45, 7) is 1.23. The molecule has 6 nitrogen and oxygen atoms in total. The van der Waals surface area contributed by atoms with Crippen molar-refractivity contribution >= 4 is 23.6 Å². The van der Waals surface area contributed by atoms with Gasteiger partial charge in [-0.3, -0.25) is 14.3 Å². The predicted octanol–water partition coefficient (Wildman–Crippen LogP) is 1.50. The molecule has 128 valence electrons. The van der Waals surface area contributed by atoms with Gasteiger partial charge in [-0.15, -0.1) is 0 Å². The largest absolute Gasteiger partial charge is 0.369 e. The van der Waals surface area contributed by atoms with Crippen LogP contribution < -0.4 is 5.73 Å². The Bertz CT molecular complexity index is 672. The van der Waals surface area contributed by atoms with E-state index in [4.69, 9.17) is 5.73 Å². The Morgan fingerprint density at radius 3 is 2.71 bits per heavy atom. The number of amides is 2. The number of hydrogen-bond acceptors (Lipinski definition) is 4. The van der Waals surface area contributed by atoms with Crippen molar-refractivity contribution in [3.63, 3.8) is 0 Å². The van der Waals surface area contributed by atoms with Gasteiger partial charge in [0.1, 0.15) is 0 Å². The molecule has 7 heteroatoms. The highest BCUT2D eigenvalue weighted by Gasteiger charge is 2.10. The van der Waals surface area contributed by atoms with Crippen molar-refractivity contribution in [3.05, 3.63) is 53.9 Å². The lowest BCUT2D eigenvalue weighted by atomic mass is 10.2. The standard InChI is InChI=1S/C17H22N4O2S/c1-20(17(23)7-8-24-13-16(18)22)10-15-9-19-21(12-15)11-14-5-3-2-4-6-14/h2-6,9,12H,7-8,10-11,13H2,1H3,(H2,18,22). The summed E-state index contributed by atoms with van der Waals surface area (Å²) >= 11 is 1.38. The Hall–Kier alpha value is -2.28. The lowest BCUT2D eigenvalue weighted by Gasteiger charge is -2.15. The normalized spacial score (nSPS) is 10.5. The van der Waals surface area contributed by atoms with Crippen LogP contribution in [0.25, 0.3) is 0 Å². The summed E-state index contributed by atoms with van der Waals surface area (Å²) in [6, 6.07) is 10.1. The van der Waals surface area contributed by atoms with E-state index in [1.807, 2.05) is 29.1 Å². The highest BCUT2D eigenvalue weighted by Crippen LogP contribution is 2.08. The van der Waals surface area contributed by atoms with Crippen molar-refractivity contribution in [1.82, 2.24) is 14.7 Å². The Labute approximate surface area is 146 Å². The number of nitrogens with two attached hydrogens (primary N) is 1. The molecule has 0 bridgehead atoms. The summed E-state index contributed by atoms with van der Waals surface area (Å²) in [6.07, 6.45) is 4.14. The first-order valence-electron chi connectivity index (χ1n) is 7.70. The Kier molecular flexibility index (Phi) is 6.87. The average molecular weight is 346 g/mol. The van der Waals surface area contributed by atoms with Gasteiger partial charge in [-0.25, -0.2) is 0 Å². The molecule has 2 aromatic rings. The van der Waals surface area contributed by atoms with Crippen LogP contribution in [-0.2, 0) is 22.7 Å². The van der Waals surface area contributed by atoms with E-state index in [-0.39, 0.29) is 17.6 Å². The van der Waals surface area contributed by atoms with E-state index in [2.05, 4.69) is 17.2 Å². The number of primary amides is 1. The fraction of sp³-hybridized carbons (Fsp3) is 0.353. The van der Waals surface area contributed by atoms with Crippen LogP contribution in [0.4, 0.5) is 0 Å². The fourth-order valence-corrected chi connectivity index (χ4v) is 2.89. The van der Waals surface area contributed by atoms with Crippen molar-refractivity contribution < 1.29 is 9.59 Å². The van der Waals surface area contributed by atoms with Gasteiger partial charge in [0, 0.05) is 37.5 Å². The second-order valence-corrected chi connectivity index (χ2v) is 6.66. The lowest BCUT2D eigenvalue weighted by molar-refractivity contribution is -0.130. The first-order chi connectivity index (χ1) is 11.5. The first kappa shape index (κ1) is 18.1. The summed E-state index contributed by atoms with van der Waals surface area (Å²) in [7, 11) is 1.77. The van der Waals surface area contributed by atoms with Crippen molar-refractivity contribution in [3.8, 4) is 0 Å².